The van der Waals surface area contributed by atoms with Gasteiger partial charge in [0.1, 0.15) is 23.3 Å². The highest BCUT2D eigenvalue weighted by Gasteiger charge is 2.41. The van der Waals surface area contributed by atoms with Gasteiger partial charge in [0.05, 0.1) is 23.3 Å². The molecule has 2 aliphatic rings. The summed E-state index contributed by atoms with van der Waals surface area (Å²) in [6, 6.07) is 5.33. The zero-order valence-corrected chi connectivity index (χ0v) is 19.8. The maximum atomic E-state index is 14.7. The molecule has 2 aliphatic heterocycles. The molecule has 1 N–H and O–H groups in total. The molecule has 7 nitrogen and oxygen atoms in total. The largest absolute Gasteiger partial charge is 0.363 e. The summed E-state index contributed by atoms with van der Waals surface area (Å²) >= 11 is 0. The van der Waals surface area contributed by atoms with Crippen LogP contribution in [0.5, 0.6) is 0 Å². The van der Waals surface area contributed by atoms with E-state index in [0.29, 0.717) is 29.0 Å². The van der Waals surface area contributed by atoms with Gasteiger partial charge in [-0.05, 0) is 19.9 Å². The Morgan fingerprint density at radius 1 is 1.11 bits per heavy atom. The van der Waals surface area contributed by atoms with Gasteiger partial charge in [0.2, 0.25) is 5.91 Å². The van der Waals surface area contributed by atoms with Gasteiger partial charge in [-0.1, -0.05) is 18.2 Å². The van der Waals surface area contributed by atoms with Gasteiger partial charge in [-0.3, -0.25) is 4.79 Å². The van der Waals surface area contributed by atoms with E-state index in [0.717, 1.165) is 43.4 Å². The number of alkyl halides is 2. The van der Waals surface area contributed by atoms with Gasteiger partial charge in [-0.25, -0.2) is 28.1 Å². The third kappa shape index (κ3) is 4.37. The Morgan fingerprint density at radius 2 is 1.80 bits per heavy atom. The van der Waals surface area contributed by atoms with Crippen LogP contribution in [-0.2, 0) is 4.79 Å². The van der Waals surface area contributed by atoms with Gasteiger partial charge in [0.15, 0.2) is 0 Å². The van der Waals surface area contributed by atoms with E-state index in [1.54, 1.807) is 27.0 Å². The number of nitrogens with zero attached hydrogens (tertiary/aromatic N) is 5. The Balaban J connectivity index is 1.42. The molecule has 35 heavy (non-hydrogen) atoms. The van der Waals surface area contributed by atoms with Crippen LogP contribution in [0.2, 0.25) is 0 Å². The first-order valence-corrected chi connectivity index (χ1v) is 11.7. The van der Waals surface area contributed by atoms with Crippen LogP contribution < -0.4 is 10.2 Å². The number of carbonyl (C=O) groups is 1. The Hall–Kier alpha value is -3.43. The average molecular weight is 485 g/mol. The van der Waals surface area contributed by atoms with Gasteiger partial charge in [-0.15, -0.1) is 0 Å². The fraction of sp³-hybridized carbons (Fsp3) is 0.440. The number of fused-ring (bicyclic) bond motifs is 2. The lowest BCUT2D eigenvalue weighted by Gasteiger charge is -2.22. The molecule has 0 saturated carbocycles. The molecule has 0 bridgehead atoms. The minimum absolute atomic E-state index is 0.114. The molecular weight excluding hydrogens is 457 g/mol. The van der Waals surface area contributed by atoms with Crippen molar-refractivity contribution in [2.45, 2.75) is 33.2 Å². The van der Waals surface area contributed by atoms with Crippen molar-refractivity contribution < 1.29 is 18.0 Å². The van der Waals surface area contributed by atoms with Crippen LogP contribution in [0.3, 0.4) is 0 Å². The molecule has 1 aromatic carbocycles. The molecule has 0 unspecified atom stereocenters. The first kappa shape index (κ1) is 23.3. The lowest BCUT2D eigenvalue weighted by Crippen LogP contribution is -2.31. The summed E-state index contributed by atoms with van der Waals surface area (Å²) in [5.74, 6) is 1.82. The molecule has 0 aliphatic carbocycles. The first-order chi connectivity index (χ1) is 16.7. The number of pyridine rings is 1. The predicted molar refractivity (Wildman–Crippen MR) is 127 cm³/mol. The molecule has 2 saturated heterocycles. The van der Waals surface area contributed by atoms with E-state index < -0.39 is 23.8 Å². The van der Waals surface area contributed by atoms with Gasteiger partial charge in [-0.2, -0.15) is 0 Å². The normalized spacial score (nSPS) is 20.5. The minimum atomic E-state index is -2.89. The van der Waals surface area contributed by atoms with Crippen LogP contribution in [0.4, 0.5) is 24.8 Å². The lowest BCUT2D eigenvalue weighted by atomic mass is 10.0. The van der Waals surface area contributed by atoms with E-state index in [2.05, 4.69) is 25.2 Å². The summed E-state index contributed by atoms with van der Waals surface area (Å²) in [6.07, 6.45) is -1.19. The number of aromatic nitrogens is 3. The van der Waals surface area contributed by atoms with Crippen LogP contribution in [0.1, 0.15) is 43.3 Å². The Kier molecular flexibility index (Phi) is 5.98. The van der Waals surface area contributed by atoms with Crippen LogP contribution in [0.15, 0.2) is 30.5 Å². The zero-order chi connectivity index (χ0) is 24.9. The molecule has 0 radical (unpaired) electrons. The molecule has 1 amide bonds. The topological polar surface area (TPSA) is 74.2 Å². The molecule has 3 atom stereocenters. The van der Waals surface area contributed by atoms with Crippen molar-refractivity contribution in [2.75, 3.05) is 36.4 Å². The zero-order valence-electron chi connectivity index (χ0n) is 19.8. The van der Waals surface area contributed by atoms with E-state index >= 15 is 0 Å². The summed E-state index contributed by atoms with van der Waals surface area (Å²) in [7, 11) is 0. The highest BCUT2D eigenvalue weighted by molar-refractivity contribution is 5.90. The van der Waals surface area contributed by atoms with Crippen molar-refractivity contribution in [1.29, 1.82) is 0 Å². The van der Waals surface area contributed by atoms with Crippen LogP contribution in [0, 0.1) is 24.6 Å². The van der Waals surface area contributed by atoms with Gasteiger partial charge in [0, 0.05) is 55.9 Å². The van der Waals surface area contributed by atoms with E-state index in [1.165, 1.54) is 12.1 Å². The SMILES string of the molecule is CC(=O)N1C[C@@H]2CN(c3cc4c(N[C@H](C)c5cccc(C(F)F)c5F)nc(C)nc4cn3)C[C@@H]2C1. The van der Waals surface area contributed by atoms with Gasteiger partial charge >= 0.3 is 0 Å². The maximum Gasteiger partial charge on any atom is 0.266 e. The molecule has 0 spiro atoms. The number of nitrogens with one attached hydrogen (secondary N) is 1. The lowest BCUT2D eigenvalue weighted by molar-refractivity contribution is -0.128. The molecule has 10 heteroatoms. The minimum Gasteiger partial charge on any atom is -0.363 e. The van der Waals surface area contributed by atoms with Crippen molar-refractivity contribution in [3.63, 3.8) is 0 Å². The molecule has 184 valence electrons. The summed E-state index contributed by atoms with van der Waals surface area (Å²) in [5.41, 5.74) is 0.165. The van der Waals surface area contributed by atoms with Crippen molar-refractivity contribution >= 4 is 28.4 Å². The second-order valence-corrected chi connectivity index (χ2v) is 9.45. The molecule has 3 aromatic rings. The van der Waals surface area contributed by atoms with E-state index in [4.69, 9.17) is 0 Å². The van der Waals surface area contributed by atoms with Crippen molar-refractivity contribution in [2.24, 2.45) is 11.8 Å². The van der Waals surface area contributed by atoms with Crippen LogP contribution >= 0.6 is 0 Å². The number of hydrogen-bond donors (Lipinski definition) is 1. The third-order valence-electron chi connectivity index (χ3n) is 7.05. The van der Waals surface area contributed by atoms with Crippen LogP contribution in [0.25, 0.3) is 10.9 Å². The van der Waals surface area contributed by atoms with Crippen molar-refractivity contribution in [3.05, 3.63) is 53.2 Å². The first-order valence-electron chi connectivity index (χ1n) is 11.7. The summed E-state index contributed by atoms with van der Waals surface area (Å²) in [4.78, 5) is 29.5. The quantitative estimate of drug-likeness (QED) is 0.575. The number of benzene rings is 1. The number of amides is 1. The number of hydrogen-bond acceptors (Lipinski definition) is 6. The van der Waals surface area contributed by atoms with Gasteiger partial charge in [0.25, 0.3) is 6.43 Å². The number of aryl methyl sites for hydroxylation is 1. The summed E-state index contributed by atoms with van der Waals surface area (Å²) < 4.78 is 41.1. The summed E-state index contributed by atoms with van der Waals surface area (Å²) in [5, 5.41) is 3.92. The molecule has 2 fully saturated rings. The van der Waals surface area contributed by atoms with E-state index in [9.17, 15) is 18.0 Å². The van der Waals surface area contributed by atoms with Crippen LogP contribution in [-0.4, -0.2) is 51.9 Å². The Bertz CT molecular complexity index is 1270. The highest BCUT2D eigenvalue weighted by Crippen LogP contribution is 2.35. The second kappa shape index (κ2) is 8.98. The monoisotopic (exact) mass is 484 g/mol. The van der Waals surface area contributed by atoms with Crippen molar-refractivity contribution in [1.82, 2.24) is 19.9 Å². The number of halogens is 3. The number of anilines is 2. The summed E-state index contributed by atoms with van der Waals surface area (Å²) in [6.45, 7) is 8.22. The number of rotatable bonds is 5. The molecule has 4 heterocycles. The number of carbonyl (C=O) groups excluding carboxylic acids is 1. The molecular formula is C25H27F3N6O. The Morgan fingerprint density at radius 3 is 2.46 bits per heavy atom. The van der Waals surface area contributed by atoms with Gasteiger partial charge < -0.3 is 15.1 Å². The molecule has 2 aromatic heterocycles. The predicted octanol–water partition coefficient (Wildman–Crippen LogP) is 4.50. The third-order valence-corrected chi connectivity index (χ3v) is 7.05. The second-order valence-electron chi connectivity index (χ2n) is 9.45. The standard InChI is InChI=1S/C25H27F3N6O/c1-13(18-5-4-6-19(23(18)26)24(27)28)30-25-20-7-22(29-8-21(20)31-14(2)32-25)34-11-16-9-33(15(3)35)10-17(16)12-34/h4-8,13,16-17,24H,9-12H2,1-3H3,(H,30,31,32)/t13-,16-,17+/m1/s1. The van der Waals surface area contributed by atoms with E-state index in [-0.39, 0.29) is 11.5 Å². The molecule has 5 rings (SSSR count). The number of likely N-dealkylation sites (tertiary alicyclic amines) is 1. The Labute approximate surface area is 201 Å². The highest BCUT2D eigenvalue weighted by atomic mass is 19.3. The average Bonchev–Trinajstić information content (AvgIpc) is 3.38. The maximum absolute atomic E-state index is 14.7. The fourth-order valence-electron chi connectivity index (χ4n) is 5.21. The smallest absolute Gasteiger partial charge is 0.266 e. The van der Waals surface area contributed by atoms with Crippen molar-refractivity contribution in [3.8, 4) is 0 Å². The van der Waals surface area contributed by atoms with E-state index in [1.807, 2.05) is 11.0 Å². The fourth-order valence-corrected chi connectivity index (χ4v) is 5.21.